The van der Waals surface area contributed by atoms with Gasteiger partial charge >= 0.3 is 0 Å². The Kier molecular flexibility index (Phi) is 3.76. The third-order valence-corrected chi connectivity index (χ3v) is 4.29. The first kappa shape index (κ1) is 14.5. The summed E-state index contributed by atoms with van der Waals surface area (Å²) in [6, 6.07) is 15.1. The zero-order valence-corrected chi connectivity index (χ0v) is 13.4. The van der Waals surface area contributed by atoms with Crippen LogP contribution < -0.4 is 5.32 Å². The number of hydrogen-bond acceptors (Lipinski definition) is 5. The molecule has 2 heterocycles. The maximum absolute atomic E-state index is 12.3. The Morgan fingerprint density at radius 1 is 1.04 bits per heavy atom. The summed E-state index contributed by atoms with van der Waals surface area (Å²) in [7, 11) is 0. The van der Waals surface area contributed by atoms with Crippen LogP contribution in [0, 0.1) is 0 Å². The predicted molar refractivity (Wildman–Crippen MR) is 92.6 cm³/mol. The molecule has 6 nitrogen and oxygen atoms in total. The highest BCUT2D eigenvalue weighted by atomic mass is 32.1. The SMILES string of the molecule is O=C(NCc1ccc2nsnc2c1)c1ccc(-c2ccn[nH]2)cc1. The molecule has 7 heteroatoms. The number of hydrogen-bond donors (Lipinski definition) is 2. The lowest BCUT2D eigenvalue weighted by Gasteiger charge is -2.06. The quantitative estimate of drug-likeness (QED) is 0.600. The largest absolute Gasteiger partial charge is 0.348 e. The topological polar surface area (TPSA) is 83.6 Å². The zero-order chi connectivity index (χ0) is 16.4. The van der Waals surface area contributed by atoms with Gasteiger partial charge in [0.15, 0.2) is 0 Å². The molecule has 0 spiro atoms. The molecule has 2 aromatic carbocycles. The van der Waals surface area contributed by atoms with Crippen LogP contribution in [0.4, 0.5) is 0 Å². The Morgan fingerprint density at radius 2 is 1.88 bits per heavy atom. The third-order valence-electron chi connectivity index (χ3n) is 3.73. The monoisotopic (exact) mass is 335 g/mol. The van der Waals surface area contributed by atoms with Crippen molar-refractivity contribution >= 4 is 28.7 Å². The van der Waals surface area contributed by atoms with E-state index in [1.807, 2.05) is 36.4 Å². The number of amides is 1. The molecule has 0 aliphatic rings. The van der Waals surface area contributed by atoms with Crippen molar-refractivity contribution in [1.82, 2.24) is 24.3 Å². The van der Waals surface area contributed by atoms with E-state index in [9.17, 15) is 4.79 Å². The first-order valence-electron chi connectivity index (χ1n) is 7.39. The third kappa shape index (κ3) is 2.89. The molecule has 4 aromatic rings. The Balaban J connectivity index is 1.43. The fourth-order valence-corrected chi connectivity index (χ4v) is 2.96. The van der Waals surface area contributed by atoms with Crippen LogP contribution in [0.25, 0.3) is 22.3 Å². The summed E-state index contributed by atoms with van der Waals surface area (Å²) < 4.78 is 8.38. The molecular formula is C17H13N5OS. The van der Waals surface area contributed by atoms with Crippen LogP contribution in [0.1, 0.15) is 15.9 Å². The molecule has 0 atom stereocenters. The number of fused-ring (bicyclic) bond motifs is 1. The van der Waals surface area contributed by atoms with Gasteiger partial charge in [0.1, 0.15) is 11.0 Å². The number of nitrogens with one attached hydrogen (secondary N) is 2. The van der Waals surface area contributed by atoms with Gasteiger partial charge in [-0.2, -0.15) is 13.8 Å². The van der Waals surface area contributed by atoms with Crippen LogP contribution >= 0.6 is 11.7 Å². The van der Waals surface area contributed by atoms with Crippen molar-refractivity contribution in [2.24, 2.45) is 0 Å². The summed E-state index contributed by atoms with van der Waals surface area (Å²) in [5.74, 6) is -0.109. The van der Waals surface area contributed by atoms with Crippen LogP contribution in [0.15, 0.2) is 54.7 Å². The average Bonchev–Trinajstić information content (AvgIpc) is 3.31. The molecule has 0 saturated carbocycles. The standard InChI is InChI=1S/C17H13N5OS/c23-17(13-4-2-12(3-5-13)14-7-8-19-20-14)18-10-11-1-6-15-16(9-11)22-24-21-15/h1-9H,10H2,(H,18,23)(H,19,20). The molecule has 0 aliphatic heterocycles. The number of benzene rings is 2. The van der Waals surface area contributed by atoms with E-state index in [1.54, 1.807) is 18.3 Å². The zero-order valence-electron chi connectivity index (χ0n) is 12.6. The molecule has 118 valence electrons. The molecule has 24 heavy (non-hydrogen) atoms. The van der Waals surface area contributed by atoms with Gasteiger partial charge in [-0.25, -0.2) is 0 Å². The molecule has 2 aromatic heterocycles. The van der Waals surface area contributed by atoms with E-state index in [0.29, 0.717) is 12.1 Å². The van der Waals surface area contributed by atoms with Gasteiger partial charge in [0.2, 0.25) is 0 Å². The van der Waals surface area contributed by atoms with Crippen LogP contribution in [0.2, 0.25) is 0 Å². The number of carbonyl (C=O) groups is 1. The first-order valence-corrected chi connectivity index (χ1v) is 8.12. The second-order valence-corrected chi connectivity index (χ2v) is 5.85. The minimum Gasteiger partial charge on any atom is -0.348 e. The van der Waals surface area contributed by atoms with Crippen molar-refractivity contribution in [2.75, 3.05) is 0 Å². The fourth-order valence-electron chi connectivity index (χ4n) is 2.44. The summed E-state index contributed by atoms with van der Waals surface area (Å²) in [6.45, 7) is 0.453. The highest BCUT2D eigenvalue weighted by Gasteiger charge is 2.07. The predicted octanol–water partition coefficient (Wildman–Crippen LogP) is 3.01. The van der Waals surface area contributed by atoms with E-state index in [-0.39, 0.29) is 5.91 Å². The van der Waals surface area contributed by atoms with Gasteiger partial charge in [-0.15, -0.1) is 0 Å². The van der Waals surface area contributed by atoms with Crippen LogP contribution in [-0.4, -0.2) is 24.9 Å². The van der Waals surface area contributed by atoms with Crippen LogP contribution in [0.3, 0.4) is 0 Å². The summed E-state index contributed by atoms with van der Waals surface area (Å²) in [5, 5.41) is 9.75. The highest BCUT2D eigenvalue weighted by Crippen LogP contribution is 2.17. The van der Waals surface area contributed by atoms with Crippen LogP contribution in [0.5, 0.6) is 0 Å². The normalized spacial score (nSPS) is 10.8. The summed E-state index contributed by atoms with van der Waals surface area (Å²) >= 11 is 1.19. The van der Waals surface area contributed by atoms with Gasteiger partial charge in [-0.05, 0) is 41.5 Å². The number of aromatic nitrogens is 4. The van der Waals surface area contributed by atoms with Gasteiger partial charge in [-0.3, -0.25) is 9.89 Å². The Hall–Kier alpha value is -3.06. The average molecular weight is 335 g/mol. The van der Waals surface area contributed by atoms with E-state index in [2.05, 4.69) is 24.3 Å². The molecule has 0 radical (unpaired) electrons. The lowest BCUT2D eigenvalue weighted by molar-refractivity contribution is 0.0951. The first-order chi connectivity index (χ1) is 11.8. The Labute approximate surface area is 141 Å². The number of aromatic amines is 1. The van der Waals surface area contributed by atoms with Gasteiger partial charge < -0.3 is 5.32 Å². The maximum atomic E-state index is 12.3. The van der Waals surface area contributed by atoms with E-state index < -0.39 is 0 Å². The van der Waals surface area contributed by atoms with Crippen molar-refractivity contribution in [3.8, 4) is 11.3 Å². The highest BCUT2D eigenvalue weighted by molar-refractivity contribution is 7.00. The van der Waals surface area contributed by atoms with Crippen molar-refractivity contribution in [1.29, 1.82) is 0 Å². The fraction of sp³-hybridized carbons (Fsp3) is 0.0588. The van der Waals surface area contributed by atoms with E-state index in [1.165, 1.54) is 11.7 Å². The molecular weight excluding hydrogens is 322 g/mol. The number of H-pyrrole nitrogens is 1. The molecule has 0 fully saturated rings. The molecule has 0 aliphatic carbocycles. The maximum Gasteiger partial charge on any atom is 0.251 e. The van der Waals surface area contributed by atoms with Crippen molar-refractivity contribution in [3.05, 3.63) is 65.9 Å². The summed E-state index contributed by atoms with van der Waals surface area (Å²) in [6.07, 6.45) is 1.70. The van der Waals surface area contributed by atoms with E-state index in [0.717, 1.165) is 27.9 Å². The van der Waals surface area contributed by atoms with Crippen molar-refractivity contribution < 1.29 is 4.79 Å². The molecule has 4 rings (SSSR count). The molecule has 0 bridgehead atoms. The van der Waals surface area contributed by atoms with Gasteiger partial charge in [0, 0.05) is 18.3 Å². The Morgan fingerprint density at radius 3 is 2.67 bits per heavy atom. The number of carbonyl (C=O) groups excluding carboxylic acids is 1. The number of rotatable bonds is 4. The van der Waals surface area contributed by atoms with E-state index >= 15 is 0 Å². The molecule has 1 amide bonds. The lowest BCUT2D eigenvalue weighted by Crippen LogP contribution is -2.22. The Bertz CT molecular complexity index is 976. The second kappa shape index (κ2) is 6.21. The summed E-state index contributed by atoms with van der Waals surface area (Å²) in [4.78, 5) is 12.3. The molecule has 2 N–H and O–H groups in total. The summed E-state index contributed by atoms with van der Waals surface area (Å²) in [5.41, 5.74) is 5.27. The van der Waals surface area contributed by atoms with Gasteiger partial charge in [0.05, 0.1) is 17.4 Å². The van der Waals surface area contributed by atoms with Gasteiger partial charge in [0.25, 0.3) is 5.91 Å². The van der Waals surface area contributed by atoms with Crippen molar-refractivity contribution in [3.63, 3.8) is 0 Å². The smallest absolute Gasteiger partial charge is 0.251 e. The van der Waals surface area contributed by atoms with Gasteiger partial charge in [-0.1, -0.05) is 18.2 Å². The lowest BCUT2D eigenvalue weighted by atomic mass is 10.1. The van der Waals surface area contributed by atoms with E-state index in [4.69, 9.17) is 0 Å². The van der Waals surface area contributed by atoms with Crippen molar-refractivity contribution in [2.45, 2.75) is 6.54 Å². The second-order valence-electron chi connectivity index (χ2n) is 5.32. The number of nitrogens with zero attached hydrogens (tertiary/aromatic N) is 3. The minimum atomic E-state index is -0.109. The van der Waals surface area contributed by atoms with Crippen LogP contribution in [-0.2, 0) is 6.54 Å². The minimum absolute atomic E-state index is 0.109. The molecule has 0 saturated heterocycles. The molecule has 0 unspecified atom stereocenters.